The van der Waals surface area contributed by atoms with E-state index in [1.54, 1.807) is 19.1 Å². The van der Waals surface area contributed by atoms with Gasteiger partial charge in [-0.15, -0.1) is 0 Å². The molecule has 2 aliphatic rings. The second-order valence-corrected chi connectivity index (χ2v) is 7.65. The lowest BCUT2D eigenvalue weighted by Crippen LogP contribution is -2.57. The van der Waals surface area contributed by atoms with Crippen molar-refractivity contribution in [1.82, 2.24) is 5.32 Å². The highest BCUT2D eigenvalue weighted by Gasteiger charge is 2.43. The molecule has 1 aliphatic heterocycles. The van der Waals surface area contributed by atoms with Gasteiger partial charge in [0.1, 0.15) is 24.4 Å². The summed E-state index contributed by atoms with van der Waals surface area (Å²) in [6, 6.07) is 4.09. The number of aliphatic hydroxyl groups excluding tert-OH is 3. The van der Waals surface area contributed by atoms with Crippen molar-refractivity contribution < 1.29 is 39.5 Å². The van der Waals surface area contributed by atoms with Crippen LogP contribution in [0.1, 0.15) is 54.3 Å². The Hall–Kier alpha value is -2.04. The molecule has 1 fully saturated rings. The first-order chi connectivity index (χ1) is 13.7. The molecule has 3 rings (SSSR count). The predicted octanol–water partition coefficient (Wildman–Crippen LogP) is 0.111. The van der Waals surface area contributed by atoms with Gasteiger partial charge in [-0.05, 0) is 56.4 Å². The van der Waals surface area contributed by atoms with Crippen LogP contribution >= 0.6 is 0 Å². The van der Waals surface area contributed by atoms with Crippen molar-refractivity contribution in [2.45, 2.75) is 76.0 Å². The highest BCUT2D eigenvalue weighted by Crippen LogP contribution is 2.36. The fourth-order valence-corrected chi connectivity index (χ4v) is 3.67. The van der Waals surface area contributed by atoms with E-state index in [0.717, 1.165) is 24.0 Å². The van der Waals surface area contributed by atoms with Gasteiger partial charge in [0.05, 0.1) is 12.2 Å². The first kappa shape index (κ1) is 21.7. The van der Waals surface area contributed by atoms with Gasteiger partial charge < -0.3 is 35.2 Å². The summed E-state index contributed by atoms with van der Waals surface area (Å²) in [4.78, 5) is 23.3. The molecule has 29 heavy (non-hydrogen) atoms. The van der Waals surface area contributed by atoms with Crippen molar-refractivity contribution in [3.05, 3.63) is 34.9 Å². The first-order valence-corrected chi connectivity index (χ1v) is 9.70. The van der Waals surface area contributed by atoms with E-state index in [-0.39, 0.29) is 0 Å². The summed E-state index contributed by atoms with van der Waals surface area (Å²) >= 11 is 0. The number of ether oxygens (including phenoxy) is 2. The molecule has 0 spiro atoms. The van der Waals surface area contributed by atoms with Crippen molar-refractivity contribution in [3.63, 3.8) is 0 Å². The van der Waals surface area contributed by atoms with Crippen molar-refractivity contribution in [3.8, 4) is 0 Å². The Kier molecular flexibility index (Phi) is 6.55. The first-order valence-electron chi connectivity index (χ1n) is 9.70. The van der Waals surface area contributed by atoms with Gasteiger partial charge in [0.15, 0.2) is 6.29 Å². The molecular formula is C20H27NO8. The lowest BCUT2D eigenvalue weighted by atomic mass is 9.87. The molecule has 160 valence electrons. The molecule has 9 nitrogen and oxygen atoms in total. The third kappa shape index (κ3) is 4.59. The van der Waals surface area contributed by atoms with E-state index in [1.165, 1.54) is 6.92 Å². The molecule has 9 heteroatoms. The average Bonchev–Trinajstić information content (AvgIpc) is 2.70. The zero-order valence-electron chi connectivity index (χ0n) is 16.3. The number of amides is 1. The smallest absolute Gasteiger partial charge is 0.325 e. The number of nitrogens with one attached hydrogen (secondary N) is 1. The Morgan fingerprint density at radius 1 is 1.21 bits per heavy atom. The summed E-state index contributed by atoms with van der Waals surface area (Å²) in [5, 5.41) is 41.4. The Morgan fingerprint density at radius 3 is 2.62 bits per heavy atom. The van der Waals surface area contributed by atoms with Crippen molar-refractivity contribution in [2.24, 2.45) is 0 Å². The molecule has 0 bridgehead atoms. The highest BCUT2D eigenvalue weighted by atomic mass is 16.7. The molecular weight excluding hydrogens is 382 g/mol. The molecule has 1 saturated heterocycles. The summed E-state index contributed by atoms with van der Waals surface area (Å²) in [5.41, 5.74) is 2.06. The molecule has 7 atom stereocenters. The quantitative estimate of drug-likeness (QED) is 0.461. The van der Waals surface area contributed by atoms with Crippen LogP contribution in [0.4, 0.5) is 0 Å². The number of carboxylic acid groups (broad SMARTS) is 1. The number of carboxylic acids is 1. The summed E-state index contributed by atoms with van der Waals surface area (Å²) in [5.74, 6) is -1.64. The maximum absolute atomic E-state index is 12.4. The second-order valence-electron chi connectivity index (χ2n) is 7.65. The van der Waals surface area contributed by atoms with Crippen LogP contribution in [0, 0.1) is 0 Å². The van der Waals surface area contributed by atoms with Gasteiger partial charge in [0.25, 0.3) is 5.91 Å². The van der Waals surface area contributed by atoms with Gasteiger partial charge in [-0.25, -0.2) is 0 Å². The Bertz CT molecular complexity index is 769. The van der Waals surface area contributed by atoms with Gasteiger partial charge in [-0.2, -0.15) is 0 Å². The third-order valence-electron chi connectivity index (χ3n) is 5.49. The third-order valence-corrected chi connectivity index (χ3v) is 5.49. The van der Waals surface area contributed by atoms with E-state index in [1.807, 2.05) is 6.07 Å². The van der Waals surface area contributed by atoms with Crippen LogP contribution in [0.3, 0.4) is 0 Å². The number of benzene rings is 1. The zero-order chi connectivity index (χ0) is 21.3. The Morgan fingerprint density at radius 2 is 1.93 bits per heavy atom. The number of carbonyl (C=O) groups is 2. The molecule has 1 aromatic rings. The van der Waals surface area contributed by atoms with Gasteiger partial charge >= 0.3 is 5.97 Å². The van der Waals surface area contributed by atoms with Crippen LogP contribution in [0.15, 0.2) is 18.2 Å². The van der Waals surface area contributed by atoms with E-state index >= 15 is 0 Å². The molecule has 0 aromatic heterocycles. The zero-order valence-corrected chi connectivity index (χ0v) is 16.3. The lowest BCUT2D eigenvalue weighted by molar-refractivity contribution is -0.306. The van der Waals surface area contributed by atoms with Crippen LogP contribution in [-0.4, -0.2) is 69.1 Å². The van der Waals surface area contributed by atoms with Crippen LogP contribution in [0.5, 0.6) is 0 Å². The minimum absolute atomic E-state index is 0.307. The number of fused-ring (bicyclic) bond motifs is 1. The van der Waals surface area contributed by atoms with E-state index in [4.69, 9.17) is 14.6 Å². The number of aliphatic carboxylic acids is 1. The standard InChI is InChI=1S/C20H27NO8/c1-9(19(26)27)21-18(25)12-7-6-11-4-3-5-14(13(11)8-12)29-20-17(24)16(23)15(22)10(2)28-20/h6-10,14-17,20,22-24H,3-5H2,1-2H3,(H,21,25)(H,26,27)/t9-,10-,14?,15+,16+,17-,20-/m0/s1. The summed E-state index contributed by atoms with van der Waals surface area (Å²) in [6.07, 6.45) is -4.05. The number of hydrogen-bond acceptors (Lipinski definition) is 7. The monoisotopic (exact) mass is 409 g/mol. The van der Waals surface area contributed by atoms with Crippen LogP contribution < -0.4 is 5.32 Å². The number of aryl methyl sites for hydroxylation is 1. The van der Waals surface area contributed by atoms with Crippen LogP contribution in [0.2, 0.25) is 0 Å². The number of aliphatic hydroxyl groups is 3. The highest BCUT2D eigenvalue weighted by molar-refractivity contribution is 5.96. The fourth-order valence-electron chi connectivity index (χ4n) is 3.67. The van der Waals surface area contributed by atoms with Gasteiger partial charge in [-0.1, -0.05) is 6.07 Å². The SMILES string of the molecule is C[C@H](NC(=O)c1ccc2c(c1)C(O[C@@H]1O[C@@H](C)[C@@H](O)[C@@H](O)[C@@H]1O)CCC2)C(=O)O. The minimum atomic E-state index is -1.41. The molecule has 1 aliphatic carbocycles. The predicted molar refractivity (Wildman–Crippen MR) is 100 cm³/mol. The van der Waals surface area contributed by atoms with Gasteiger partial charge in [0, 0.05) is 5.56 Å². The number of rotatable bonds is 5. The lowest BCUT2D eigenvalue weighted by Gasteiger charge is -2.41. The van der Waals surface area contributed by atoms with Crippen LogP contribution in [0.25, 0.3) is 0 Å². The topological polar surface area (TPSA) is 146 Å². The Balaban J connectivity index is 1.78. The van der Waals surface area contributed by atoms with Crippen molar-refractivity contribution >= 4 is 11.9 Å². The van der Waals surface area contributed by atoms with E-state index in [2.05, 4.69) is 5.32 Å². The fraction of sp³-hybridized carbons (Fsp3) is 0.600. The number of carbonyl (C=O) groups excluding carboxylic acids is 1. The summed E-state index contributed by atoms with van der Waals surface area (Å²) in [7, 11) is 0. The molecule has 1 heterocycles. The summed E-state index contributed by atoms with van der Waals surface area (Å²) in [6.45, 7) is 2.96. The van der Waals surface area contributed by atoms with Crippen LogP contribution in [-0.2, 0) is 20.7 Å². The molecule has 1 aromatic carbocycles. The summed E-state index contributed by atoms with van der Waals surface area (Å²) < 4.78 is 11.5. The van der Waals surface area contributed by atoms with E-state index in [9.17, 15) is 24.9 Å². The maximum Gasteiger partial charge on any atom is 0.325 e. The molecule has 0 saturated carbocycles. The Labute approximate surface area is 168 Å². The maximum atomic E-state index is 12.4. The van der Waals surface area contributed by atoms with E-state index in [0.29, 0.717) is 12.0 Å². The van der Waals surface area contributed by atoms with Gasteiger partial charge in [0.2, 0.25) is 0 Å². The molecule has 5 N–H and O–H groups in total. The van der Waals surface area contributed by atoms with Gasteiger partial charge in [-0.3, -0.25) is 9.59 Å². The van der Waals surface area contributed by atoms with Crippen molar-refractivity contribution in [1.29, 1.82) is 0 Å². The van der Waals surface area contributed by atoms with Crippen molar-refractivity contribution in [2.75, 3.05) is 0 Å². The number of hydrogen-bond donors (Lipinski definition) is 5. The van der Waals surface area contributed by atoms with E-state index < -0.39 is 54.7 Å². The largest absolute Gasteiger partial charge is 0.480 e. The molecule has 1 amide bonds. The normalized spacial score (nSPS) is 32.9. The minimum Gasteiger partial charge on any atom is -0.480 e. The molecule has 1 unspecified atom stereocenters. The average molecular weight is 409 g/mol. The molecule has 0 radical (unpaired) electrons. The second kappa shape index (κ2) is 8.76.